The number of aryl methyl sites for hydroxylation is 1. The molecular weight excluding hydrogens is 314 g/mol. The molecule has 1 N–H and O–H groups in total. The Bertz CT molecular complexity index is 594. The Morgan fingerprint density at radius 3 is 2.80 bits per heavy atom. The van der Waals surface area contributed by atoms with E-state index in [2.05, 4.69) is 21.5 Å². The fourth-order valence-corrected chi connectivity index (χ4v) is 4.87. The van der Waals surface area contributed by atoms with E-state index in [-0.39, 0.29) is 6.03 Å². The van der Waals surface area contributed by atoms with Crippen LogP contribution in [0.3, 0.4) is 0 Å². The fourth-order valence-electron chi connectivity index (χ4n) is 4.87. The highest BCUT2D eigenvalue weighted by atomic mass is 16.2. The number of hydrogen-bond acceptors (Lipinski definition) is 3. The van der Waals surface area contributed by atoms with Crippen molar-refractivity contribution < 1.29 is 4.79 Å². The number of nitrogens with one attached hydrogen (secondary N) is 1. The standard InChI is InChI=1S/C19H31N5O/c1-22-12-16(11-20-22)10-15-6-8-24(13-15)19(25)21-17-7-9-23(14-17)18-4-2-3-5-18/h11-12,15,17-18H,2-10,13-14H2,1H3,(H,21,25)/t15-,17+/m0/s1. The lowest BCUT2D eigenvalue weighted by Gasteiger charge is -2.24. The zero-order valence-electron chi connectivity index (χ0n) is 15.4. The molecule has 1 aliphatic carbocycles. The molecular formula is C19H31N5O. The molecule has 3 fully saturated rings. The SMILES string of the molecule is Cn1cc(C[C@@H]2CCN(C(=O)N[C@@H]3CCN(C4CCCC4)C3)C2)cn1. The van der Waals surface area contributed by atoms with Gasteiger partial charge < -0.3 is 10.2 Å². The Morgan fingerprint density at radius 2 is 2.04 bits per heavy atom. The first kappa shape index (κ1) is 16.9. The number of aromatic nitrogens is 2. The molecule has 6 heteroatoms. The third kappa shape index (κ3) is 4.00. The zero-order chi connectivity index (χ0) is 17.2. The van der Waals surface area contributed by atoms with E-state index < -0.39 is 0 Å². The van der Waals surface area contributed by atoms with Gasteiger partial charge in [0.15, 0.2) is 0 Å². The summed E-state index contributed by atoms with van der Waals surface area (Å²) in [7, 11) is 1.95. The second-order valence-electron chi connectivity index (χ2n) is 8.20. The van der Waals surface area contributed by atoms with Crippen LogP contribution in [0.5, 0.6) is 0 Å². The number of likely N-dealkylation sites (tertiary alicyclic amines) is 2. The van der Waals surface area contributed by atoms with E-state index in [1.54, 1.807) is 0 Å². The highest BCUT2D eigenvalue weighted by Crippen LogP contribution is 2.27. The van der Waals surface area contributed by atoms with Crippen molar-refractivity contribution in [2.45, 2.75) is 57.0 Å². The van der Waals surface area contributed by atoms with Gasteiger partial charge in [-0.15, -0.1) is 0 Å². The number of amides is 2. The Balaban J connectivity index is 1.22. The summed E-state index contributed by atoms with van der Waals surface area (Å²) in [5, 5.41) is 7.53. The Labute approximate surface area is 150 Å². The van der Waals surface area contributed by atoms with Crippen LogP contribution < -0.4 is 5.32 Å². The summed E-state index contributed by atoms with van der Waals surface area (Å²) >= 11 is 0. The molecule has 2 aliphatic heterocycles. The second-order valence-corrected chi connectivity index (χ2v) is 8.20. The third-order valence-corrected chi connectivity index (χ3v) is 6.24. The second kappa shape index (κ2) is 7.36. The summed E-state index contributed by atoms with van der Waals surface area (Å²) in [6.07, 6.45) is 12.7. The summed E-state index contributed by atoms with van der Waals surface area (Å²) < 4.78 is 1.85. The summed E-state index contributed by atoms with van der Waals surface area (Å²) in [5.41, 5.74) is 1.28. The lowest BCUT2D eigenvalue weighted by atomic mass is 10.0. The largest absolute Gasteiger partial charge is 0.334 e. The van der Waals surface area contributed by atoms with Crippen molar-refractivity contribution in [3.8, 4) is 0 Å². The first-order valence-corrected chi connectivity index (χ1v) is 9.94. The van der Waals surface area contributed by atoms with Crippen LogP contribution in [0, 0.1) is 5.92 Å². The topological polar surface area (TPSA) is 53.4 Å². The molecule has 0 radical (unpaired) electrons. The zero-order valence-corrected chi connectivity index (χ0v) is 15.4. The first-order chi connectivity index (χ1) is 12.2. The summed E-state index contributed by atoms with van der Waals surface area (Å²) in [6, 6.07) is 1.26. The number of rotatable bonds is 4. The maximum absolute atomic E-state index is 12.6. The monoisotopic (exact) mass is 345 g/mol. The molecule has 6 nitrogen and oxygen atoms in total. The van der Waals surface area contributed by atoms with Crippen molar-refractivity contribution in [2.75, 3.05) is 26.2 Å². The minimum Gasteiger partial charge on any atom is -0.334 e. The molecule has 0 aromatic carbocycles. The molecule has 1 saturated carbocycles. The van der Waals surface area contributed by atoms with Gasteiger partial charge in [-0.05, 0) is 43.6 Å². The smallest absolute Gasteiger partial charge is 0.317 e. The van der Waals surface area contributed by atoms with Crippen LogP contribution >= 0.6 is 0 Å². The Hall–Kier alpha value is -1.56. The predicted molar refractivity (Wildman–Crippen MR) is 97.4 cm³/mol. The number of carbonyl (C=O) groups excluding carboxylic acids is 1. The van der Waals surface area contributed by atoms with Gasteiger partial charge in [0, 0.05) is 51.5 Å². The molecule has 2 saturated heterocycles. The predicted octanol–water partition coefficient (Wildman–Crippen LogP) is 2.01. The molecule has 0 spiro atoms. The number of carbonyl (C=O) groups is 1. The molecule has 2 amide bonds. The highest BCUT2D eigenvalue weighted by Gasteiger charge is 2.33. The van der Waals surface area contributed by atoms with Crippen molar-refractivity contribution >= 4 is 6.03 Å². The molecule has 0 unspecified atom stereocenters. The lowest BCUT2D eigenvalue weighted by Crippen LogP contribution is -2.45. The van der Waals surface area contributed by atoms with Crippen LogP contribution in [0.2, 0.25) is 0 Å². The van der Waals surface area contributed by atoms with Gasteiger partial charge in [-0.2, -0.15) is 5.10 Å². The summed E-state index contributed by atoms with van der Waals surface area (Å²) in [4.78, 5) is 17.2. The van der Waals surface area contributed by atoms with Gasteiger partial charge in [-0.25, -0.2) is 4.79 Å². The molecule has 2 atom stereocenters. The van der Waals surface area contributed by atoms with Crippen LogP contribution in [0.15, 0.2) is 12.4 Å². The van der Waals surface area contributed by atoms with Gasteiger partial charge in [0.2, 0.25) is 0 Å². The van der Waals surface area contributed by atoms with Crippen LogP contribution in [0.4, 0.5) is 4.79 Å². The van der Waals surface area contributed by atoms with Crippen molar-refractivity contribution in [3.63, 3.8) is 0 Å². The molecule has 1 aromatic rings. The number of urea groups is 1. The van der Waals surface area contributed by atoms with E-state index >= 15 is 0 Å². The maximum atomic E-state index is 12.6. The summed E-state index contributed by atoms with van der Waals surface area (Å²) in [6.45, 7) is 3.96. The van der Waals surface area contributed by atoms with Gasteiger partial charge in [0.1, 0.15) is 0 Å². The van der Waals surface area contributed by atoms with Crippen LogP contribution in [-0.4, -0.2) is 63.9 Å². The minimum atomic E-state index is 0.145. The van der Waals surface area contributed by atoms with Gasteiger partial charge in [-0.3, -0.25) is 9.58 Å². The van der Waals surface area contributed by atoms with Crippen LogP contribution in [0.25, 0.3) is 0 Å². The van der Waals surface area contributed by atoms with E-state index in [0.717, 1.165) is 51.5 Å². The molecule has 25 heavy (non-hydrogen) atoms. The summed E-state index contributed by atoms with van der Waals surface area (Å²) in [5.74, 6) is 0.563. The van der Waals surface area contributed by atoms with E-state index in [0.29, 0.717) is 12.0 Å². The molecule has 1 aromatic heterocycles. The molecule has 4 rings (SSSR count). The average Bonchev–Trinajstić information content (AvgIpc) is 3.34. The minimum absolute atomic E-state index is 0.145. The lowest BCUT2D eigenvalue weighted by molar-refractivity contribution is 0.200. The fraction of sp³-hybridized carbons (Fsp3) is 0.789. The van der Waals surface area contributed by atoms with E-state index in [4.69, 9.17) is 0 Å². The van der Waals surface area contributed by atoms with Gasteiger partial charge in [0.05, 0.1) is 6.20 Å². The maximum Gasteiger partial charge on any atom is 0.317 e. The van der Waals surface area contributed by atoms with E-state index in [1.165, 1.54) is 31.2 Å². The van der Waals surface area contributed by atoms with E-state index in [1.807, 2.05) is 22.8 Å². The van der Waals surface area contributed by atoms with Crippen molar-refractivity contribution in [1.82, 2.24) is 24.9 Å². The molecule has 0 bridgehead atoms. The third-order valence-electron chi connectivity index (χ3n) is 6.24. The quantitative estimate of drug-likeness (QED) is 0.908. The van der Waals surface area contributed by atoms with Crippen molar-refractivity contribution in [1.29, 1.82) is 0 Å². The van der Waals surface area contributed by atoms with Crippen molar-refractivity contribution in [3.05, 3.63) is 18.0 Å². The Kier molecular flexibility index (Phi) is 4.97. The average molecular weight is 345 g/mol. The van der Waals surface area contributed by atoms with Crippen LogP contribution in [0.1, 0.15) is 44.1 Å². The highest BCUT2D eigenvalue weighted by molar-refractivity contribution is 5.74. The molecule has 3 heterocycles. The van der Waals surface area contributed by atoms with Gasteiger partial charge >= 0.3 is 6.03 Å². The van der Waals surface area contributed by atoms with Crippen molar-refractivity contribution in [2.24, 2.45) is 13.0 Å². The molecule has 3 aliphatic rings. The number of hydrogen-bond donors (Lipinski definition) is 1. The molecule has 138 valence electrons. The van der Waals surface area contributed by atoms with Gasteiger partial charge in [-0.1, -0.05) is 12.8 Å². The Morgan fingerprint density at radius 1 is 1.20 bits per heavy atom. The van der Waals surface area contributed by atoms with E-state index in [9.17, 15) is 4.79 Å². The normalized spacial score (nSPS) is 28.1. The number of nitrogens with zero attached hydrogens (tertiary/aromatic N) is 4. The first-order valence-electron chi connectivity index (χ1n) is 9.94. The van der Waals surface area contributed by atoms with Crippen LogP contribution in [-0.2, 0) is 13.5 Å². The van der Waals surface area contributed by atoms with Gasteiger partial charge in [0.25, 0.3) is 0 Å².